The van der Waals surface area contributed by atoms with E-state index in [1.807, 2.05) is 11.0 Å². The van der Waals surface area contributed by atoms with Gasteiger partial charge in [0.05, 0.1) is 19.3 Å². The van der Waals surface area contributed by atoms with Crippen LogP contribution in [0.2, 0.25) is 0 Å². The highest BCUT2D eigenvalue weighted by molar-refractivity contribution is 5.76. The summed E-state index contributed by atoms with van der Waals surface area (Å²) >= 11 is 0. The Kier molecular flexibility index (Phi) is 5.40. The van der Waals surface area contributed by atoms with Gasteiger partial charge in [-0.25, -0.2) is 0 Å². The Morgan fingerprint density at radius 1 is 1.32 bits per heavy atom. The second kappa shape index (κ2) is 7.29. The van der Waals surface area contributed by atoms with Crippen molar-refractivity contribution in [3.8, 4) is 0 Å². The number of hydrogen-bond donors (Lipinski definition) is 0. The van der Waals surface area contributed by atoms with Crippen LogP contribution in [0.15, 0.2) is 30.3 Å². The summed E-state index contributed by atoms with van der Waals surface area (Å²) in [6.45, 7) is 4.16. The minimum absolute atomic E-state index is 0.232. The first kappa shape index (κ1) is 14.1. The maximum absolute atomic E-state index is 12.1. The SMILES string of the molecule is CC1COCCN1C(=O)CCCCc1ccccc1. The van der Waals surface area contributed by atoms with E-state index >= 15 is 0 Å². The highest BCUT2D eigenvalue weighted by Crippen LogP contribution is 2.11. The summed E-state index contributed by atoms with van der Waals surface area (Å²) < 4.78 is 5.35. The van der Waals surface area contributed by atoms with Gasteiger partial charge in [0.2, 0.25) is 5.91 Å². The molecule has 0 N–H and O–H groups in total. The van der Waals surface area contributed by atoms with Gasteiger partial charge in [-0.1, -0.05) is 30.3 Å². The zero-order valence-corrected chi connectivity index (χ0v) is 11.7. The quantitative estimate of drug-likeness (QED) is 0.763. The summed E-state index contributed by atoms with van der Waals surface area (Å²) in [7, 11) is 0. The number of ether oxygens (including phenoxy) is 1. The lowest BCUT2D eigenvalue weighted by molar-refractivity contribution is -0.139. The molecule has 3 heteroatoms. The fraction of sp³-hybridized carbons (Fsp3) is 0.562. The Labute approximate surface area is 115 Å². The first-order valence-corrected chi connectivity index (χ1v) is 7.18. The minimum Gasteiger partial charge on any atom is -0.377 e. The smallest absolute Gasteiger partial charge is 0.222 e. The van der Waals surface area contributed by atoms with Gasteiger partial charge in [0.15, 0.2) is 0 Å². The number of aryl methyl sites for hydroxylation is 1. The number of rotatable bonds is 5. The van der Waals surface area contributed by atoms with Crippen LogP contribution in [-0.2, 0) is 16.0 Å². The molecule has 1 unspecified atom stereocenters. The number of amides is 1. The molecule has 1 saturated heterocycles. The molecule has 0 radical (unpaired) electrons. The maximum Gasteiger partial charge on any atom is 0.222 e. The molecular formula is C16H23NO2. The second-order valence-electron chi connectivity index (χ2n) is 5.20. The first-order valence-electron chi connectivity index (χ1n) is 7.18. The fourth-order valence-corrected chi connectivity index (χ4v) is 2.49. The Hall–Kier alpha value is -1.35. The molecule has 1 atom stereocenters. The highest BCUT2D eigenvalue weighted by atomic mass is 16.5. The summed E-state index contributed by atoms with van der Waals surface area (Å²) in [4.78, 5) is 14.1. The van der Waals surface area contributed by atoms with Gasteiger partial charge in [-0.3, -0.25) is 4.79 Å². The molecule has 0 aliphatic carbocycles. The molecule has 3 nitrogen and oxygen atoms in total. The van der Waals surface area contributed by atoms with Crippen molar-refractivity contribution in [2.45, 2.75) is 38.6 Å². The molecule has 0 bridgehead atoms. The maximum atomic E-state index is 12.1. The number of carbonyl (C=O) groups excluding carboxylic acids is 1. The lowest BCUT2D eigenvalue weighted by Crippen LogP contribution is -2.47. The zero-order chi connectivity index (χ0) is 13.5. The zero-order valence-electron chi connectivity index (χ0n) is 11.7. The third kappa shape index (κ3) is 4.35. The Balaban J connectivity index is 1.66. The number of morpholine rings is 1. The van der Waals surface area contributed by atoms with E-state index in [-0.39, 0.29) is 11.9 Å². The van der Waals surface area contributed by atoms with Gasteiger partial charge in [0, 0.05) is 13.0 Å². The van der Waals surface area contributed by atoms with Gasteiger partial charge in [-0.05, 0) is 31.7 Å². The molecule has 1 fully saturated rings. The molecule has 1 aromatic carbocycles. The van der Waals surface area contributed by atoms with E-state index in [0.717, 1.165) is 25.8 Å². The van der Waals surface area contributed by atoms with Crippen molar-refractivity contribution in [3.63, 3.8) is 0 Å². The van der Waals surface area contributed by atoms with Crippen LogP contribution in [0.1, 0.15) is 31.7 Å². The third-order valence-corrected chi connectivity index (χ3v) is 3.64. The van der Waals surface area contributed by atoms with E-state index < -0.39 is 0 Å². The number of unbranched alkanes of at least 4 members (excludes halogenated alkanes) is 1. The van der Waals surface area contributed by atoms with Crippen molar-refractivity contribution in [1.29, 1.82) is 0 Å². The molecule has 2 rings (SSSR count). The Bertz CT molecular complexity index is 391. The van der Waals surface area contributed by atoms with Gasteiger partial charge in [0.25, 0.3) is 0 Å². The predicted molar refractivity (Wildman–Crippen MR) is 76.0 cm³/mol. The van der Waals surface area contributed by atoms with E-state index in [2.05, 4.69) is 31.2 Å². The van der Waals surface area contributed by atoms with Gasteiger partial charge in [-0.15, -0.1) is 0 Å². The van der Waals surface area contributed by atoms with Crippen LogP contribution in [0.25, 0.3) is 0 Å². The molecule has 1 amide bonds. The van der Waals surface area contributed by atoms with Crippen LogP contribution in [0.4, 0.5) is 0 Å². The lowest BCUT2D eigenvalue weighted by atomic mass is 10.1. The van der Waals surface area contributed by atoms with Crippen molar-refractivity contribution >= 4 is 5.91 Å². The largest absolute Gasteiger partial charge is 0.377 e. The average molecular weight is 261 g/mol. The molecule has 1 aliphatic rings. The summed E-state index contributed by atoms with van der Waals surface area (Å²) in [5.41, 5.74) is 1.36. The van der Waals surface area contributed by atoms with Crippen LogP contribution in [0.5, 0.6) is 0 Å². The standard InChI is InChI=1S/C16H23NO2/c1-14-13-19-12-11-17(14)16(18)10-6-5-9-15-7-3-2-4-8-15/h2-4,7-8,14H,5-6,9-13H2,1H3. The topological polar surface area (TPSA) is 29.5 Å². The van der Waals surface area contributed by atoms with Crippen LogP contribution in [0, 0.1) is 0 Å². The Morgan fingerprint density at radius 2 is 2.11 bits per heavy atom. The summed E-state index contributed by atoms with van der Waals surface area (Å²) in [5, 5.41) is 0. The van der Waals surface area contributed by atoms with Crippen molar-refractivity contribution < 1.29 is 9.53 Å². The van der Waals surface area contributed by atoms with Gasteiger partial charge in [-0.2, -0.15) is 0 Å². The molecular weight excluding hydrogens is 238 g/mol. The van der Waals surface area contributed by atoms with Crippen molar-refractivity contribution in [3.05, 3.63) is 35.9 Å². The van der Waals surface area contributed by atoms with E-state index in [9.17, 15) is 4.79 Å². The third-order valence-electron chi connectivity index (χ3n) is 3.64. The van der Waals surface area contributed by atoms with Crippen LogP contribution < -0.4 is 0 Å². The average Bonchev–Trinajstić information content (AvgIpc) is 2.45. The van der Waals surface area contributed by atoms with Gasteiger partial charge < -0.3 is 9.64 Å². The van der Waals surface area contributed by atoms with Crippen LogP contribution in [-0.4, -0.2) is 36.6 Å². The van der Waals surface area contributed by atoms with Crippen molar-refractivity contribution in [2.75, 3.05) is 19.8 Å². The number of benzene rings is 1. The van der Waals surface area contributed by atoms with Crippen LogP contribution in [0.3, 0.4) is 0 Å². The molecule has 0 saturated carbocycles. The fourth-order valence-electron chi connectivity index (χ4n) is 2.49. The normalized spacial score (nSPS) is 19.4. The molecule has 1 heterocycles. The van der Waals surface area contributed by atoms with E-state index in [0.29, 0.717) is 19.6 Å². The second-order valence-corrected chi connectivity index (χ2v) is 5.20. The molecule has 1 aliphatic heterocycles. The number of nitrogens with zero attached hydrogens (tertiary/aromatic N) is 1. The van der Waals surface area contributed by atoms with Crippen molar-refractivity contribution in [2.24, 2.45) is 0 Å². The summed E-state index contributed by atoms with van der Waals surface area (Å²) in [5.74, 6) is 0.281. The predicted octanol–water partition coefficient (Wildman–Crippen LogP) is 2.65. The molecule has 0 aromatic heterocycles. The van der Waals surface area contributed by atoms with Crippen molar-refractivity contribution in [1.82, 2.24) is 4.90 Å². The van der Waals surface area contributed by atoms with E-state index in [1.165, 1.54) is 5.56 Å². The van der Waals surface area contributed by atoms with Gasteiger partial charge >= 0.3 is 0 Å². The lowest BCUT2D eigenvalue weighted by Gasteiger charge is -2.33. The van der Waals surface area contributed by atoms with Crippen LogP contribution >= 0.6 is 0 Å². The number of hydrogen-bond acceptors (Lipinski definition) is 2. The Morgan fingerprint density at radius 3 is 2.84 bits per heavy atom. The summed E-state index contributed by atoms with van der Waals surface area (Å²) in [6.07, 6.45) is 3.77. The number of carbonyl (C=O) groups is 1. The highest BCUT2D eigenvalue weighted by Gasteiger charge is 2.22. The van der Waals surface area contributed by atoms with E-state index in [4.69, 9.17) is 4.74 Å². The molecule has 0 spiro atoms. The first-order chi connectivity index (χ1) is 9.27. The van der Waals surface area contributed by atoms with E-state index in [1.54, 1.807) is 0 Å². The summed E-state index contributed by atoms with van der Waals surface area (Å²) in [6, 6.07) is 10.7. The molecule has 1 aromatic rings. The monoisotopic (exact) mass is 261 g/mol. The molecule has 104 valence electrons. The molecule has 19 heavy (non-hydrogen) atoms. The minimum atomic E-state index is 0.232. The van der Waals surface area contributed by atoms with Gasteiger partial charge in [0.1, 0.15) is 0 Å².